The fourth-order valence-electron chi connectivity index (χ4n) is 9.20. The third-order valence-electron chi connectivity index (χ3n) is 12.0. The Balaban J connectivity index is 1.05. The van der Waals surface area contributed by atoms with Crippen LogP contribution in [0.4, 0.5) is 0 Å². The van der Waals surface area contributed by atoms with Crippen LogP contribution in [-0.4, -0.2) is 19.5 Å². The molecule has 0 amide bonds. The van der Waals surface area contributed by atoms with Gasteiger partial charge in [-0.2, -0.15) is 0 Å². The minimum absolute atomic E-state index is 0.571. The minimum Gasteiger partial charge on any atom is -0.456 e. The number of nitrogens with zero attached hydrogens (tertiary/aromatic N) is 4. The van der Waals surface area contributed by atoms with E-state index in [1.54, 1.807) is 0 Å². The van der Waals surface area contributed by atoms with Crippen molar-refractivity contribution >= 4 is 76.5 Å². The number of para-hydroxylation sites is 4. The summed E-state index contributed by atoms with van der Waals surface area (Å²) in [6.07, 6.45) is 0. The maximum absolute atomic E-state index is 6.64. The quantitative estimate of drug-likeness (QED) is 0.174. The van der Waals surface area contributed by atoms with Gasteiger partial charge in [0.15, 0.2) is 17.5 Å². The van der Waals surface area contributed by atoms with E-state index in [0.29, 0.717) is 17.5 Å². The molecule has 0 saturated carbocycles. The number of rotatable bonds is 5. The first-order chi connectivity index (χ1) is 30.2. The SMILES string of the molecule is c1ccc(-c2nc(-c3cccc(-n4c5cc6ccccc6cc5c5cccc(-c6cccc7c6oc6ccccc67)c54)c3)nc(-c3ccc4c(c3)oc3ccccc34)n2)cc1. The zero-order chi connectivity index (χ0) is 40.0. The van der Waals surface area contributed by atoms with Gasteiger partial charge in [0.05, 0.1) is 11.0 Å². The van der Waals surface area contributed by atoms with Gasteiger partial charge >= 0.3 is 0 Å². The van der Waals surface area contributed by atoms with Crippen molar-refractivity contribution in [2.45, 2.75) is 0 Å². The molecule has 0 radical (unpaired) electrons. The first kappa shape index (κ1) is 33.6. The van der Waals surface area contributed by atoms with Gasteiger partial charge in [0, 0.05) is 65.8 Å². The molecule has 0 aliphatic carbocycles. The third kappa shape index (κ3) is 5.26. The summed E-state index contributed by atoms with van der Waals surface area (Å²) in [5.74, 6) is 1.75. The number of aromatic nitrogens is 4. The molecule has 6 heteroatoms. The van der Waals surface area contributed by atoms with E-state index in [0.717, 1.165) is 93.8 Å². The summed E-state index contributed by atoms with van der Waals surface area (Å²) in [6.45, 7) is 0. The number of benzene rings is 9. The van der Waals surface area contributed by atoms with Gasteiger partial charge in [-0.3, -0.25) is 0 Å². The van der Waals surface area contributed by atoms with E-state index >= 15 is 0 Å². The average Bonchev–Trinajstić information content (AvgIpc) is 4.00. The zero-order valence-corrected chi connectivity index (χ0v) is 32.6. The predicted molar refractivity (Wildman–Crippen MR) is 248 cm³/mol. The van der Waals surface area contributed by atoms with Crippen molar-refractivity contribution in [1.29, 1.82) is 0 Å². The van der Waals surface area contributed by atoms with Crippen LogP contribution in [0.1, 0.15) is 0 Å². The van der Waals surface area contributed by atoms with E-state index < -0.39 is 0 Å². The van der Waals surface area contributed by atoms with Crippen molar-refractivity contribution in [1.82, 2.24) is 19.5 Å². The molecule has 13 aromatic rings. The Hall–Kier alpha value is -8.35. The molecule has 4 heterocycles. The fraction of sp³-hybridized carbons (Fsp3) is 0. The average molecular weight is 781 g/mol. The van der Waals surface area contributed by atoms with E-state index in [-0.39, 0.29) is 0 Å². The van der Waals surface area contributed by atoms with E-state index in [9.17, 15) is 0 Å². The van der Waals surface area contributed by atoms with Crippen LogP contribution < -0.4 is 0 Å². The summed E-state index contributed by atoms with van der Waals surface area (Å²) < 4.78 is 15.3. The van der Waals surface area contributed by atoms with Crippen molar-refractivity contribution in [2.75, 3.05) is 0 Å². The Labute approximate surface area is 348 Å². The molecule has 0 aliphatic heterocycles. The molecule has 6 nitrogen and oxygen atoms in total. The highest BCUT2D eigenvalue weighted by atomic mass is 16.3. The highest BCUT2D eigenvalue weighted by Crippen LogP contribution is 2.43. The van der Waals surface area contributed by atoms with Gasteiger partial charge in [-0.1, -0.05) is 146 Å². The van der Waals surface area contributed by atoms with Crippen LogP contribution in [0.5, 0.6) is 0 Å². The Bertz CT molecular complexity index is 3900. The number of furan rings is 2. The molecule has 0 saturated heterocycles. The second kappa shape index (κ2) is 13.1. The zero-order valence-electron chi connectivity index (χ0n) is 32.6. The van der Waals surface area contributed by atoms with Gasteiger partial charge < -0.3 is 13.4 Å². The standard InChI is InChI=1S/C55H32N4O2/c1-2-13-33(14-3-1)53-56-54(58-55(57-53)37-27-28-41-39-19-6-8-25-48(39)60-50(41)32-37)36-17-10-18-38(29-36)59-47-31-35-16-5-4-15-34(35)30-46(47)43-22-11-21-42(51(43)59)45-24-12-23-44-40-20-7-9-26-49(40)61-52(44)45/h1-32H. The summed E-state index contributed by atoms with van der Waals surface area (Å²) in [6, 6.07) is 67.5. The molecular formula is C55H32N4O2. The van der Waals surface area contributed by atoms with Crippen molar-refractivity contribution in [3.05, 3.63) is 194 Å². The van der Waals surface area contributed by atoms with Crippen LogP contribution in [-0.2, 0) is 0 Å². The molecule has 4 aromatic heterocycles. The van der Waals surface area contributed by atoms with Gasteiger partial charge in [-0.15, -0.1) is 0 Å². The van der Waals surface area contributed by atoms with Gasteiger partial charge in [0.2, 0.25) is 0 Å². The lowest BCUT2D eigenvalue weighted by Gasteiger charge is -2.14. The Morgan fingerprint density at radius 1 is 0.344 bits per heavy atom. The van der Waals surface area contributed by atoms with Crippen LogP contribution >= 0.6 is 0 Å². The second-order valence-corrected chi connectivity index (χ2v) is 15.6. The summed E-state index contributed by atoms with van der Waals surface area (Å²) in [7, 11) is 0. The van der Waals surface area contributed by atoms with E-state index in [4.69, 9.17) is 23.8 Å². The van der Waals surface area contributed by atoms with Gasteiger partial charge in [0.1, 0.15) is 22.3 Å². The highest BCUT2D eigenvalue weighted by Gasteiger charge is 2.22. The monoisotopic (exact) mass is 780 g/mol. The number of fused-ring (bicyclic) bond motifs is 10. The molecule has 0 fully saturated rings. The number of hydrogen-bond donors (Lipinski definition) is 0. The molecule has 284 valence electrons. The predicted octanol–water partition coefficient (Wildman–Crippen LogP) is 14.6. The maximum Gasteiger partial charge on any atom is 0.164 e. The third-order valence-corrected chi connectivity index (χ3v) is 12.0. The summed E-state index contributed by atoms with van der Waals surface area (Å²) >= 11 is 0. The van der Waals surface area contributed by atoms with Crippen LogP contribution in [0.2, 0.25) is 0 Å². The first-order valence-electron chi connectivity index (χ1n) is 20.4. The van der Waals surface area contributed by atoms with Crippen molar-refractivity contribution in [3.63, 3.8) is 0 Å². The number of hydrogen-bond acceptors (Lipinski definition) is 5. The van der Waals surface area contributed by atoms with Crippen LogP contribution in [0.15, 0.2) is 203 Å². The molecule has 13 rings (SSSR count). The van der Waals surface area contributed by atoms with Crippen LogP contribution in [0.25, 0.3) is 127 Å². The minimum atomic E-state index is 0.571. The Kier molecular flexibility index (Phi) is 7.21. The molecule has 0 atom stereocenters. The summed E-state index contributed by atoms with van der Waals surface area (Å²) in [5.41, 5.74) is 11.3. The van der Waals surface area contributed by atoms with Crippen molar-refractivity contribution in [3.8, 4) is 51.0 Å². The Morgan fingerprint density at radius 2 is 0.918 bits per heavy atom. The first-order valence-corrected chi connectivity index (χ1v) is 20.4. The van der Waals surface area contributed by atoms with Gasteiger partial charge in [-0.05, 0) is 59.3 Å². The fourth-order valence-corrected chi connectivity index (χ4v) is 9.20. The normalized spacial score (nSPS) is 11.9. The lowest BCUT2D eigenvalue weighted by molar-refractivity contribution is 0.669. The smallest absolute Gasteiger partial charge is 0.164 e. The highest BCUT2D eigenvalue weighted by molar-refractivity contribution is 6.19. The molecule has 61 heavy (non-hydrogen) atoms. The van der Waals surface area contributed by atoms with E-state index in [1.165, 1.54) is 16.2 Å². The molecular weight excluding hydrogens is 749 g/mol. The lowest BCUT2D eigenvalue weighted by Crippen LogP contribution is -2.01. The molecule has 9 aromatic carbocycles. The van der Waals surface area contributed by atoms with Gasteiger partial charge in [0.25, 0.3) is 0 Å². The summed E-state index contributed by atoms with van der Waals surface area (Å²) in [4.78, 5) is 15.4. The molecule has 0 N–H and O–H groups in total. The Morgan fingerprint density at radius 3 is 1.72 bits per heavy atom. The molecule has 0 bridgehead atoms. The second-order valence-electron chi connectivity index (χ2n) is 15.6. The van der Waals surface area contributed by atoms with Crippen molar-refractivity contribution in [2.24, 2.45) is 0 Å². The maximum atomic E-state index is 6.64. The van der Waals surface area contributed by atoms with Crippen molar-refractivity contribution < 1.29 is 8.83 Å². The topological polar surface area (TPSA) is 69.9 Å². The summed E-state index contributed by atoms with van der Waals surface area (Å²) in [5, 5.41) is 9.04. The van der Waals surface area contributed by atoms with Crippen LogP contribution in [0, 0.1) is 0 Å². The molecule has 0 spiro atoms. The van der Waals surface area contributed by atoms with Gasteiger partial charge in [-0.25, -0.2) is 15.0 Å². The van der Waals surface area contributed by atoms with E-state index in [2.05, 4.69) is 132 Å². The van der Waals surface area contributed by atoms with E-state index in [1.807, 2.05) is 66.7 Å². The molecule has 0 unspecified atom stereocenters. The molecule has 0 aliphatic rings. The lowest BCUT2D eigenvalue weighted by atomic mass is 9.99. The largest absolute Gasteiger partial charge is 0.456 e. The van der Waals surface area contributed by atoms with Crippen LogP contribution in [0.3, 0.4) is 0 Å².